The maximum Gasteiger partial charge on any atom is 0.126 e. The number of thiophene rings is 1. The number of methoxy groups -OCH3 is 1. The second-order valence-electron chi connectivity index (χ2n) is 13.1. The summed E-state index contributed by atoms with van der Waals surface area (Å²) in [6.07, 6.45) is 8.45. The van der Waals surface area contributed by atoms with Gasteiger partial charge < -0.3 is 15.0 Å². The second kappa shape index (κ2) is 11.9. The van der Waals surface area contributed by atoms with Crippen molar-refractivity contribution in [1.29, 1.82) is 0 Å². The highest BCUT2D eigenvalue weighted by atomic mass is 32.1. The third kappa shape index (κ3) is 6.48. The molecule has 41 heavy (non-hydrogen) atoms. The molecule has 1 fully saturated rings. The van der Waals surface area contributed by atoms with Crippen LogP contribution in [0.15, 0.2) is 53.4 Å². The molecule has 0 spiro atoms. The summed E-state index contributed by atoms with van der Waals surface area (Å²) >= 11 is 1.70. The van der Waals surface area contributed by atoms with Gasteiger partial charge in [0.05, 0.1) is 24.2 Å². The van der Waals surface area contributed by atoms with Gasteiger partial charge in [0.25, 0.3) is 0 Å². The molecule has 0 amide bonds. The summed E-state index contributed by atoms with van der Waals surface area (Å²) in [7, 11) is 1.76. The molecular formula is C35H46N4OS. The maximum atomic E-state index is 5.80. The third-order valence-corrected chi connectivity index (χ3v) is 8.74. The molecule has 0 bridgehead atoms. The average Bonchev–Trinajstić information content (AvgIpc) is 3.50. The fraction of sp³-hybridized carbons (Fsp3) is 0.457. The Morgan fingerprint density at radius 3 is 2.66 bits per heavy atom. The molecule has 3 heterocycles. The Balaban J connectivity index is 1.47. The quantitative estimate of drug-likeness (QED) is 0.295. The van der Waals surface area contributed by atoms with Gasteiger partial charge >= 0.3 is 0 Å². The first-order valence-electron chi connectivity index (χ1n) is 14.9. The standard InChI is InChI=1S/C35H46N4OS/c1-23(2)18-27-19-31-26(20-32(27)40-8)11-12-30-33(37-39(34(30)31)29-14-17-41-22-29)25(4)38-15-9-10-28(13-16-38)36-24(3)21-35(5,6)7/h14,17-20,22,28,36H,3-4,9-13,15-16,21H2,1-2,5-8H3. The second-order valence-corrected chi connectivity index (χ2v) is 13.9. The van der Waals surface area contributed by atoms with Crippen molar-refractivity contribution in [3.8, 4) is 22.7 Å². The van der Waals surface area contributed by atoms with Crippen molar-refractivity contribution in [2.45, 2.75) is 79.2 Å². The Kier molecular flexibility index (Phi) is 8.51. The van der Waals surface area contributed by atoms with Gasteiger partial charge in [-0.2, -0.15) is 16.4 Å². The summed E-state index contributed by atoms with van der Waals surface area (Å²) in [6.45, 7) is 22.0. The third-order valence-electron chi connectivity index (χ3n) is 8.07. The SMILES string of the molecule is C=C(CC(C)(C)C)NC1CCCN(C(=C)c2nn(-c3ccsc3)c3c2CCc2cc(OC)c(C=C(C)C)cc2-3)CC1. The van der Waals surface area contributed by atoms with Crippen LogP contribution in [0.3, 0.4) is 0 Å². The number of hydrogen-bond donors (Lipinski definition) is 1. The zero-order chi connectivity index (χ0) is 29.3. The molecule has 1 aliphatic heterocycles. The van der Waals surface area contributed by atoms with Crippen molar-refractivity contribution in [3.05, 3.63) is 75.8 Å². The van der Waals surface area contributed by atoms with Gasteiger partial charge in [-0.15, -0.1) is 0 Å². The number of nitrogens with zero attached hydrogens (tertiary/aromatic N) is 3. The minimum absolute atomic E-state index is 0.242. The topological polar surface area (TPSA) is 42.3 Å². The number of rotatable bonds is 8. The number of aromatic nitrogens is 2. The highest BCUT2D eigenvalue weighted by molar-refractivity contribution is 7.08. The largest absolute Gasteiger partial charge is 0.496 e. The van der Waals surface area contributed by atoms with Crippen molar-refractivity contribution in [2.75, 3.05) is 20.2 Å². The molecule has 1 unspecified atom stereocenters. The van der Waals surface area contributed by atoms with Gasteiger partial charge in [-0.25, -0.2) is 4.68 Å². The first-order chi connectivity index (χ1) is 19.5. The molecule has 3 aromatic rings. The summed E-state index contributed by atoms with van der Waals surface area (Å²) in [6, 6.07) is 7.13. The molecule has 2 aromatic heterocycles. The monoisotopic (exact) mass is 570 g/mol. The van der Waals surface area contributed by atoms with Crippen molar-refractivity contribution in [2.24, 2.45) is 5.41 Å². The molecule has 6 heteroatoms. The van der Waals surface area contributed by atoms with E-state index in [2.05, 4.69) is 97.7 Å². The van der Waals surface area contributed by atoms with Crippen LogP contribution in [0.5, 0.6) is 5.75 Å². The van der Waals surface area contributed by atoms with E-state index in [1.165, 1.54) is 28.0 Å². The fourth-order valence-corrected chi connectivity index (χ4v) is 6.94. The van der Waals surface area contributed by atoms with Gasteiger partial charge in [0.15, 0.2) is 0 Å². The number of likely N-dealkylation sites (tertiary alicyclic amines) is 1. The number of fused-ring (bicyclic) bond motifs is 3. The zero-order valence-electron chi connectivity index (χ0n) is 25.8. The van der Waals surface area contributed by atoms with Crippen LogP contribution >= 0.6 is 11.3 Å². The van der Waals surface area contributed by atoms with Crippen LogP contribution in [0.4, 0.5) is 0 Å². The lowest BCUT2D eigenvalue weighted by molar-refractivity contribution is 0.379. The Labute approximate surface area is 250 Å². The molecule has 1 atom stereocenters. The van der Waals surface area contributed by atoms with Crippen molar-refractivity contribution in [3.63, 3.8) is 0 Å². The smallest absolute Gasteiger partial charge is 0.126 e. The molecule has 5 rings (SSSR count). The van der Waals surface area contributed by atoms with E-state index in [4.69, 9.17) is 9.84 Å². The van der Waals surface area contributed by atoms with Crippen LogP contribution in [0, 0.1) is 5.41 Å². The number of nitrogens with one attached hydrogen (secondary N) is 1. The predicted octanol–water partition coefficient (Wildman–Crippen LogP) is 8.50. The van der Waals surface area contributed by atoms with Crippen LogP contribution in [0.2, 0.25) is 0 Å². The van der Waals surface area contributed by atoms with E-state index in [0.29, 0.717) is 6.04 Å². The lowest BCUT2D eigenvalue weighted by Gasteiger charge is -2.27. The maximum absolute atomic E-state index is 5.80. The van der Waals surface area contributed by atoms with Gasteiger partial charge in [-0.1, -0.05) is 45.6 Å². The summed E-state index contributed by atoms with van der Waals surface area (Å²) in [5, 5.41) is 13.3. The van der Waals surface area contributed by atoms with E-state index in [9.17, 15) is 0 Å². The van der Waals surface area contributed by atoms with Crippen LogP contribution in [-0.2, 0) is 12.8 Å². The number of benzene rings is 1. The number of allylic oxidation sites excluding steroid dienone is 2. The summed E-state index contributed by atoms with van der Waals surface area (Å²) in [5.41, 5.74) is 12.0. The molecule has 1 saturated heterocycles. The minimum atomic E-state index is 0.242. The molecule has 0 radical (unpaired) electrons. The Bertz CT molecular complexity index is 1450. The van der Waals surface area contributed by atoms with E-state index in [-0.39, 0.29) is 5.41 Å². The number of hydrogen-bond acceptors (Lipinski definition) is 5. The normalized spacial score (nSPS) is 16.8. The zero-order valence-corrected chi connectivity index (χ0v) is 26.6. The average molecular weight is 571 g/mol. The van der Waals surface area contributed by atoms with Crippen molar-refractivity contribution < 1.29 is 4.74 Å². The lowest BCUT2D eigenvalue weighted by Crippen LogP contribution is -2.31. The number of ether oxygens (including phenoxy) is 1. The van der Waals surface area contributed by atoms with Gasteiger partial charge in [0.2, 0.25) is 0 Å². The first-order valence-corrected chi connectivity index (χ1v) is 15.9. The summed E-state index contributed by atoms with van der Waals surface area (Å²) < 4.78 is 7.95. The van der Waals surface area contributed by atoms with Crippen LogP contribution in [-0.4, -0.2) is 40.9 Å². The molecule has 1 aromatic carbocycles. The van der Waals surface area contributed by atoms with Gasteiger partial charge in [0, 0.05) is 46.9 Å². The van der Waals surface area contributed by atoms with E-state index in [1.54, 1.807) is 18.4 Å². The molecule has 0 saturated carbocycles. The van der Waals surface area contributed by atoms with Crippen LogP contribution in [0.1, 0.15) is 82.7 Å². The molecule has 1 N–H and O–H groups in total. The lowest BCUT2D eigenvalue weighted by atomic mass is 9.86. The van der Waals surface area contributed by atoms with Gasteiger partial charge in [-0.3, -0.25) is 0 Å². The molecular weight excluding hydrogens is 524 g/mol. The fourth-order valence-electron chi connectivity index (χ4n) is 6.33. The minimum Gasteiger partial charge on any atom is -0.496 e. The summed E-state index contributed by atoms with van der Waals surface area (Å²) in [4.78, 5) is 2.47. The Morgan fingerprint density at radius 2 is 1.98 bits per heavy atom. The van der Waals surface area contributed by atoms with E-state index in [0.717, 1.165) is 85.7 Å². The molecule has 218 valence electrons. The van der Waals surface area contributed by atoms with Crippen molar-refractivity contribution in [1.82, 2.24) is 20.0 Å². The molecule has 2 aliphatic rings. The van der Waals surface area contributed by atoms with E-state index < -0.39 is 0 Å². The molecule has 1 aliphatic carbocycles. The number of aryl methyl sites for hydroxylation is 1. The Hall–Kier alpha value is -3.25. The highest BCUT2D eigenvalue weighted by Gasteiger charge is 2.30. The van der Waals surface area contributed by atoms with Crippen LogP contribution < -0.4 is 10.1 Å². The van der Waals surface area contributed by atoms with Crippen LogP contribution in [0.25, 0.3) is 28.7 Å². The van der Waals surface area contributed by atoms with E-state index >= 15 is 0 Å². The predicted molar refractivity (Wildman–Crippen MR) is 175 cm³/mol. The van der Waals surface area contributed by atoms with E-state index in [1.807, 2.05) is 0 Å². The Morgan fingerprint density at radius 1 is 1.17 bits per heavy atom. The highest BCUT2D eigenvalue weighted by Crippen LogP contribution is 2.42. The first kappa shape index (κ1) is 29.2. The molecule has 5 nitrogen and oxygen atoms in total. The summed E-state index contributed by atoms with van der Waals surface area (Å²) in [5.74, 6) is 0.928. The van der Waals surface area contributed by atoms with Gasteiger partial charge in [0.1, 0.15) is 11.4 Å². The van der Waals surface area contributed by atoms with Crippen molar-refractivity contribution >= 4 is 23.1 Å². The van der Waals surface area contributed by atoms with Gasteiger partial charge in [-0.05, 0) is 86.9 Å².